The van der Waals surface area contributed by atoms with Crippen LogP contribution in [-0.2, 0) is 22.7 Å². The minimum absolute atomic E-state index is 0.0830. The van der Waals surface area contributed by atoms with Crippen LogP contribution in [0.2, 0.25) is 5.02 Å². The molecule has 1 heterocycles. The van der Waals surface area contributed by atoms with Crippen molar-refractivity contribution in [1.82, 2.24) is 14.8 Å². The summed E-state index contributed by atoms with van der Waals surface area (Å²) in [6.45, 7) is 6.97. The normalized spacial score (nSPS) is 12.0. The molecule has 0 aliphatic rings. The molecule has 0 radical (unpaired) electrons. The second kappa shape index (κ2) is 11.2. The highest BCUT2D eigenvalue weighted by atomic mass is 35.5. The number of ether oxygens (including phenoxy) is 2. The van der Waals surface area contributed by atoms with Crippen molar-refractivity contribution in [3.63, 3.8) is 0 Å². The number of carbonyl (C=O) groups excluding carboxylic acids is 1. The van der Waals surface area contributed by atoms with Gasteiger partial charge in [0.2, 0.25) is 0 Å². The van der Waals surface area contributed by atoms with Crippen molar-refractivity contribution in [3.05, 3.63) is 71.0 Å². The molecule has 0 saturated carbocycles. The molecule has 3 aromatic rings. The van der Waals surface area contributed by atoms with Crippen LogP contribution in [0.1, 0.15) is 32.2 Å². The number of carbonyl (C=O) groups is 1. The number of thioether (sulfide) groups is 1. The van der Waals surface area contributed by atoms with E-state index >= 15 is 0 Å². The molecule has 0 saturated heterocycles. The lowest BCUT2D eigenvalue weighted by atomic mass is 10.1. The number of nitrogens with zero attached hydrogens (tertiary/aromatic N) is 3. The molecule has 0 aliphatic heterocycles. The van der Waals surface area contributed by atoms with Gasteiger partial charge in [0.1, 0.15) is 17.6 Å². The van der Waals surface area contributed by atoms with Crippen LogP contribution in [0, 0.1) is 5.92 Å². The summed E-state index contributed by atoms with van der Waals surface area (Å²) in [6, 6.07) is 17.2. The summed E-state index contributed by atoms with van der Waals surface area (Å²) < 4.78 is 13.1. The average molecular weight is 460 g/mol. The molecule has 3 rings (SSSR count). The van der Waals surface area contributed by atoms with Crippen molar-refractivity contribution >= 4 is 29.3 Å². The Kier molecular flexibility index (Phi) is 8.37. The maximum atomic E-state index is 12.5. The van der Waals surface area contributed by atoms with E-state index in [1.807, 2.05) is 67.8 Å². The molecular formula is C23H26ClN3O3S. The molecule has 6 nitrogen and oxygen atoms in total. The minimum atomic E-state index is -0.372. The third kappa shape index (κ3) is 6.48. The molecular weight excluding hydrogens is 434 g/mol. The molecule has 0 spiro atoms. The van der Waals surface area contributed by atoms with Crippen LogP contribution in [0.15, 0.2) is 59.8 Å². The summed E-state index contributed by atoms with van der Waals surface area (Å²) >= 11 is 7.32. The van der Waals surface area contributed by atoms with E-state index in [1.165, 1.54) is 11.8 Å². The Labute approximate surface area is 191 Å². The standard InChI is InChI=1S/C23H26ClN3O3S/c1-4-29-22(28)21(16(2)3)31-23-26-25-20(15-30-19-12-10-18(24)11-13-19)27(23)14-17-8-6-5-7-9-17/h5-13,16,21H,4,14-15H2,1-3H3/t21-/m1/s1. The van der Waals surface area contributed by atoms with Crippen molar-refractivity contribution in [1.29, 1.82) is 0 Å². The van der Waals surface area contributed by atoms with Crippen LogP contribution in [0.3, 0.4) is 0 Å². The van der Waals surface area contributed by atoms with Crippen LogP contribution < -0.4 is 4.74 Å². The van der Waals surface area contributed by atoms with Crippen molar-refractivity contribution in [2.45, 2.75) is 44.3 Å². The molecule has 0 bridgehead atoms. The van der Waals surface area contributed by atoms with Crippen molar-refractivity contribution in [2.75, 3.05) is 6.61 Å². The van der Waals surface area contributed by atoms with E-state index in [-0.39, 0.29) is 23.7 Å². The summed E-state index contributed by atoms with van der Waals surface area (Å²) in [7, 11) is 0. The Morgan fingerprint density at radius 3 is 2.45 bits per heavy atom. The maximum absolute atomic E-state index is 12.5. The van der Waals surface area contributed by atoms with Gasteiger partial charge in [-0.25, -0.2) is 0 Å². The van der Waals surface area contributed by atoms with E-state index < -0.39 is 0 Å². The lowest BCUT2D eigenvalue weighted by Crippen LogP contribution is -2.26. The summed E-state index contributed by atoms with van der Waals surface area (Å²) in [5.41, 5.74) is 1.11. The lowest BCUT2D eigenvalue weighted by molar-refractivity contribution is -0.143. The van der Waals surface area contributed by atoms with E-state index in [0.717, 1.165) is 5.56 Å². The summed E-state index contributed by atoms with van der Waals surface area (Å²) in [5.74, 6) is 1.21. The molecule has 0 aliphatic carbocycles. The Bertz CT molecular complexity index is 977. The molecule has 2 aromatic carbocycles. The van der Waals surface area contributed by atoms with Crippen LogP contribution in [-0.4, -0.2) is 32.6 Å². The van der Waals surface area contributed by atoms with Gasteiger partial charge >= 0.3 is 5.97 Å². The van der Waals surface area contributed by atoms with Gasteiger partial charge in [-0.15, -0.1) is 10.2 Å². The lowest BCUT2D eigenvalue weighted by Gasteiger charge is -2.19. The third-order valence-corrected chi connectivity index (χ3v) is 6.27. The SMILES string of the molecule is CCOC(=O)[C@H](Sc1nnc(COc2ccc(Cl)cc2)n1Cc1ccccc1)C(C)C. The van der Waals surface area contributed by atoms with Gasteiger partial charge in [0, 0.05) is 5.02 Å². The molecule has 8 heteroatoms. The van der Waals surface area contributed by atoms with E-state index in [0.29, 0.717) is 34.9 Å². The predicted molar refractivity (Wildman–Crippen MR) is 122 cm³/mol. The number of benzene rings is 2. The van der Waals surface area contributed by atoms with Crippen molar-refractivity contribution < 1.29 is 14.3 Å². The van der Waals surface area contributed by atoms with Gasteiger partial charge in [0.05, 0.1) is 13.2 Å². The van der Waals surface area contributed by atoms with E-state index in [1.54, 1.807) is 12.1 Å². The summed E-state index contributed by atoms with van der Waals surface area (Å²) in [4.78, 5) is 12.5. The maximum Gasteiger partial charge on any atom is 0.319 e. The monoisotopic (exact) mass is 459 g/mol. The zero-order valence-corrected chi connectivity index (χ0v) is 19.4. The van der Waals surface area contributed by atoms with Crippen LogP contribution in [0.5, 0.6) is 5.75 Å². The largest absolute Gasteiger partial charge is 0.486 e. The minimum Gasteiger partial charge on any atom is -0.486 e. The number of rotatable bonds is 10. The van der Waals surface area contributed by atoms with Gasteiger partial charge in [-0.2, -0.15) is 0 Å². The summed E-state index contributed by atoms with van der Waals surface area (Å²) in [6.07, 6.45) is 0. The Balaban J connectivity index is 1.85. The topological polar surface area (TPSA) is 66.2 Å². The fourth-order valence-electron chi connectivity index (χ4n) is 2.91. The Morgan fingerprint density at radius 2 is 1.81 bits per heavy atom. The molecule has 1 atom stereocenters. The molecule has 0 amide bonds. The number of aromatic nitrogens is 3. The predicted octanol–water partition coefficient (Wildman–Crippen LogP) is 5.24. The first kappa shape index (κ1) is 23.2. The molecule has 31 heavy (non-hydrogen) atoms. The smallest absolute Gasteiger partial charge is 0.319 e. The van der Waals surface area contributed by atoms with E-state index in [4.69, 9.17) is 21.1 Å². The average Bonchev–Trinajstić information content (AvgIpc) is 3.13. The Morgan fingerprint density at radius 1 is 1.10 bits per heavy atom. The van der Waals surface area contributed by atoms with Gasteiger partial charge in [0.25, 0.3) is 0 Å². The molecule has 164 valence electrons. The highest BCUT2D eigenvalue weighted by Crippen LogP contribution is 2.29. The first-order valence-electron chi connectivity index (χ1n) is 10.2. The zero-order chi connectivity index (χ0) is 22.2. The quantitative estimate of drug-likeness (QED) is 0.305. The second-order valence-corrected chi connectivity index (χ2v) is 8.79. The van der Waals surface area contributed by atoms with E-state index in [2.05, 4.69) is 10.2 Å². The zero-order valence-electron chi connectivity index (χ0n) is 17.8. The van der Waals surface area contributed by atoms with Crippen molar-refractivity contribution in [3.8, 4) is 5.75 Å². The second-order valence-electron chi connectivity index (χ2n) is 7.25. The van der Waals surface area contributed by atoms with E-state index in [9.17, 15) is 4.79 Å². The van der Waals surface area contributed by atoms with Gasteiger partial charge in [-0.05, 0) is 42.7 Å². The molecule has 0 unspecified atom stereocenters. The fourth-order valence-corrected chi connectivity index (χ4v) is 4.09. The van der Waals surface area contributed by atoms with Gasteiger partial charge in [-0.3, -0.25) is 9.36 Å². The van der Waals surface area contributed by atoms with Gasteiger partial charge < -0.3 is 9.47 Å². The molecule has 0 N–H and O–H groups in total. The van der Waals surface area contributed by atoms with Gasteiger partial charge in [0.15, 0.2) is 11.0 Å². The first-order valence-corrected chi connectivity index (χ1v) is 11.4. The number of hydrogen-bond donors (Lipinski definition) is 0. The number of esters is 1. The highest BCUT2D eigenvalue weighted by Gasteiger charge is 2.28. The third-order valence-electron chi connectivity index (χ3n) is 4.52. The van der Waals surface area contributed by atoms with Crippen LogP contribution in [0.25, 0.3) is 0 Å². The summed E-state index contributed by atoms with van der Waals surface area (Å²) in [5, 5.41) is 9.66. The number of hydrogen-bond acceptors (Lipinski definition) is 6. The molecule has 1 aromatic heterocycles. The number of halogens is 1. The first-order chi connectivity index (χ1) is 15.0. The van der Waals surface area contributed by atoms with Crippen LogP contribution >= 0.6 is 23.4 Å². The van der Waals surface area contributed by atoms with Crippen LogP contribution in [0.4, 0.5) is 0 Å². The Hall–Kier alpha value is -2.51. The fraction of sp³-hybridized carbons (Fsp3) is 0.348. The molecule has 0 fully saturated rings. The van der Waals surface area contributed by atoms with Crippen molar-refractivity contribution in [2.24, 2.45) is 5.92 Å². The highest BCUT2D eigenvalue weighted by molar-refractivity contribution is 8.00. The van der Waals surface area contributed by atoms with Gasteiger partial charge in [-0.1, -0.05) is 67.5 Å².